The molecule has 2 rings (SSSR count). The van der Waals surface area contributed by atoms with Gasteiger partial charge in [0.2, 0.25) is 0 Å². The Morgan fingerprint density at radius 3 is 2.62 bits per heavy atom. The van der Waals surface area contributed by atoms with E-state index in [1.54, 1.807) is 25.5 Å². The van der Waals surface area contributed by atoms with E-state index in [2.05, 4.69) is 15.6 Å². The van der Waals surface area contributed by atoms with Crippen molar-refractivity contribution in [2.75, 3.05) is 20.3 Å². The van der Waals surface area contributed by atoms with Crippen molar-refractivity contribution in [2.45, 2.75) is 71.4 Å². The maximum Gasteiger partial charge on any atom is 0.322 e. The number of carboxylic acid groups (broad SMARTS) is 1. The maximum absolute atomic E-state index is 11.9. The highest BCUT2D eigenvalue weighted by atomic mass is 35.5. The van der Waals surface area contributed by atoms with E-state index in [4.69, 9.17) is 9.47 Å². The molecule has 1 aromatic rings. The molecule has 0 unspecified atom stereocenters. The molecule has 0 saturated carbocycles. The number of halogens is 1. The number of nitrogens with one attached hydrogen (secondary N) is 1. The lowest BCUT2D eigenvalue weighted by Crippen LogP contribution is -2.31. The molecule has 2 heterocycles. The summed E-state index contributed by atoms with van der Waals surface area (Å²) in [7, 11) is 1.38. The van der Waals surface area contributed by atoms with Crippen LogP contribution in [0.5, 0.6) is 0 Å². The number of hydrogen-bond donors (Lipinski definition) is 2. The van der Waals surface area contributed by atoms with Gasteiger partial charge in [-0.1, -0.05) is 26.0 Å². The molecule has 1 saturated heterocycles. The van der Waals surface area contributed by atoms with E-state index in [1.165, 1.54) is 7.11 Å². The van der Waals surface area contributed by atoms with Crippen molar-refractivity contribution in [3.8, 4) is 0 Å². The summed E-state index contributed by atoms with van der Waals surface area (Å²) in [5.41, 5.74) is 0.379. The van der Waals surface area contributed by atoms with Gasteiger partial charge in [-0.25, -0.2) is 4.68 Å². The highest BCUT2D eigenvalue weighted by Crippen LogP contribution is 2.29. The Balaban J connectivity index is 0.00000512. The number of carbonyl (C=O) groups is 3. The van der Waals surface area contributed by atoms with Gasteiger partial charge in [0.1, 0.15) is 6.04 Å². The summed E-state index contributed by atoms with van der Waals surface area (Å²) in [6.07, 6.45) is 5.62. The van der Waals surface area contributed by atoms with Gasteiger partial charge >= 0.3 is 17.9 Å². The summed E-state index contributed by atoms with van der Waals surface area (Å²) >= 11 is 0. The first-order valence-corrected chi connectivity index (χ1v) is 10.7. The van der Waals surface area contributed by atoms with Crippen LogP contribution >= 0.6 is 12.4 Å². The number of aliphatic carboxylic acids is 1. The number of methoxy groups -OCH3 is 1. The first-order chi connectivity index (χ1) is 14.6. The summed E-state index contributed by atoms with van der Waals surface area (Å²) in [5.74, 6) is -2.48. The maximum atomic E-state index is 11.9. The lowest BCUT2D eigenvalue weighted by Gasteiger charge is -2.26. The summed E-state index contributed by atoms with van der Waals surface area (Å²) in [6.45, 7) is 6.33. The van der Waals surface area contributed by atoms with Gasteiger partial charge in [0.05, 0.1) is 37.8 Å². The second kappa shape index (κ2) is 12.7. The fourth-order valence-corrected chi connectivity index (χ4v) is 3.61. The van der Waals surface area contributed by atoms with Crippen LogP contribution in [0.3, 0.4) is 0 Å². The Kier molecular flexibility index (Phi) is 11.1. The summed E-state index contributed by atoms with van der Waals surface area (Å²) in [5, 5.41) is 20.8. The van der Waals surface area contributed by atoms with Gasteiger partial charge in [-0.05, 0) is 37.5 Å². The molecule has 1 aliphatic rings. The average Bonchev–Trinajstić information content (AvgIpc) is 3.36. The van der Waals surface area contributed by atoms with E-state index in [9.17, 15) is 19.5 Å². The third-order valence-corrected chi connectivity index (χ3v) is 5.58. The van der Waals surface area contributed by atoms with Crippen LogP contribution in [0.4, 0.5) is 0 Å². The minimum atomic E-state index is -0.980. The van der Waals surface area contributed by atoms with Gasteiger partial charge in [0, 0.05) is 12.7 Å². The van der Waals surface area contributed by atoms with Crippen molar-refractivity contribution in [1.82, 2.24) is 20.3 Å². The van der Waals surface area contributed by atoms with Gasteiger partial charge in [0.15, 0.2) is 0 Å². The molecule has 1 aromatic heterocycles. The number of nitrogens with zero attached hydrogens (tertiary/aromatic N) is 3. The number of unbranched alkanes of at least 4 members (excludes halogenated alkanes) is 2. The molecule has 32 heavy (non-hydrogen) atoms. The Morgan fingerprint density at radius 2 is 2.00 bits per heavy atom. The van der Waals surface area contributed by atoms with Crippen LogP contribution in [0, 0.1) is 11.3 Å². The van der Waals surface area contributed by atoms with Crippen LogP contribution in [-0.4, -0.2) is 64.3 Å². The topological polar surface area (TPSA) is 133 Å². The molecule has 1 aliphatic heterocycles. The molecular weight excluding hydrogens is 440 g/mol. The van der Waals surface area contributed by atoms with Crippen LogP contribution in [0.2, 0.25) is 0 Å². The second-order valence-electron chi connectivity index (χ2n) is 9.06. The summed E-state index contributed by atoms with van der Waals surface area (Å²) < 4.78 is 11.8. The fourth-order valence-electron chi connectivity index (χ4n) is 3.61. The number of hydrogen-bond acceptors (Lipinski definition) is 8. The Bertz CT molecular complexity index is 764. The highest BCUT2D eigenvalue weighted by Gasteiger charge is 2.34. The number of carbonyl (C=O) groups excluding carboxylic acids is 2. The largest absolute Gasteiger partial charge is 0.481 e. The third kappa shape index (κ3) is 8.38. The molecule has 10 nitrogen and oxygen atoms in total. The number of aryl methyl sites for hydroxylation is 1. The van der Waals surface area contributed by atoms with Gasteiger partial charge < -0.3 is 19.9 Å². The number of carboxylic acids is 1. The van der Waals surface area contributed by atoms with Crippen molar-refractivity contribution in [2.24, 2.45) is 11.3 Å². The molecule has 2 N–H and O–H groups in total. The molecule has 0 bridgehead atoms. The molecule has 182 valence electrons. The minimum absolute atomic E-state index is 0. The zero-order valence-electron chi connectivity index (χ0n) is 19.2. The van der Waals surface area contributed by atoms with Gasteiger partial charge in [-0.3, -0.25) is 14.4 Å². The van der Waals surface area contributed by atoms with Crippen LogP contribution < -0.4 is 5.32 Å². The van der Waals surface area contributed by atoms with Crippen LogP contribution in [0.25, 0.3) is 0 Å². The molecule has 0 aromatic carbocycles. The predicted molar refractivity (Wildman–Crippen MR) is 118 cm³/mol. The van der Waals surface area contributed by atoms with Gasteiger partial charge in [0.25, 0.3) is 0 Å². The number of esters is 2. The molecule has 0 radical (unpaired) electrons. The first kappa shape index (κ1) is 27.8. The van der Waals surface area contributed by atoms with Crippen LogP contribution in [-0.2, 0) is 30.3 Å². The summed E-state index contributed by atoms with van der Waals surface area (Å²) in [4.78, 5) is 34.9. The van der Waals surface area contributed by atoms with Gasteiger partial charge in [-0.15, -0.1) is 17.5 Å². The molecule has 0 amide bonds. The Labute approximate surface area is 194 Å². The first-order valence-electron chi connectivity index (χ1n) is 10.7. The predicted octanol–water partition coefficient (Wildman–Crippen LogP) is 2.17. The lowest BCUT2D eigenvalue weighted by molar-refractivity contribution is -0.155. The standard InChI is InChI=1S/C21H34N4O6.ClH/c1-21(2,3)16(19(27)28)11-18(26)31-9-7-5-6-8-14-13-25(24-23-14)15-10-17(22-12-15)20(29)30-4;/h13,15-17,22H,5-12H2,1-4H3,(H,27,28);1H/t15-,16-,17+;/m1./s1. The van der Waals surface area contributed by atoms with E-state index in [0.717, 1.165) is 25.0 Å². The van der Waals surface area contributed by atoms with Crippen molar-refractivity contribution in [3.63, 3.8) is 0 Å². The average molecular weight is 475 g/mol. The summed E-state index contributed by atoms with van der Waals surface area (Å²) in [6, 6.07) is -0.230. The third-order valence-electron chi connectivity index (χ3n) is 5.58. The van der Waals surface area contributed by atoms with E-state index in [-0.39, 0.29) is 43.5 Å². The molecular formula is C21H35ClN4O6. The second-order valence-corrected chi connectivity index (χ2v) is 9.06. The number of rotatable bonds is 11. The van der Waals surface area contributed by atoms with Gasteiger partial charge in [-0.2, -0.15) is 0 Å². The Hall–Kier alpha value is -2.20. The number of aromatic nitrogens is 3. The van der Waals surface area contributed by atoms with Crippen molar-refractivity contribution < 1.29 is 29.0 Å². The quantitative estimate of drug-likeness (QED) is 0.365. The highest BCUT2D eigenvalue weighted by molar-refractivity contribution is 5.85. The van der Waals surface area contributed by atoms with Crippen molar-refractivity contribution in [3.05, 3.63) is 11.9 Å². The molecule has 3 atom stereocenters. The van der Waals surface area contributed by atoms with Crippen LogP contribution in [0.1, 0.15) is 64.6 Å². The zero-order chi connectivity index (χ0) is 23.0. The minimum Gasteiger partial charge on any atom is -0.481 e. The lowest BCUT2D eigenvalue weighted by atomic mass is 9.79. The van der Waals surface area contributed by atoms with Crippen LogP contribution in [0.15, 0.2) is 6.20 Å². The fraction of sp³-hybridized carbons (Fsp3) is 0.762. The number of ether oxygens (including phenoxy) is 2. The monoisotopic (exact) mass is 474 g/mol. The van der Waals surface area contributed by atoms with E-state index in [0.29, 0.717) is 19.4 Å². The van der Waals surface area contributed by atoms with E-state index < -0.39 is 23.3 Å². The van der Waals surface area contributed by atoms with Crippen molar-refractivity contribution in [1.29, 1.82) is 0 Å². The zero-order valence-corrected chi connectivity index (χ0v) is 20.0. The smallest absolute Gasteiger partial charge is 0.322 e. The molecule has 0 aliphatic carbocycles. The van der Waals surface area contributed by atoms with E-state index >= 15 is 0 Å². The Morgan fingerprint density at radius 1 is 1.28 bits per heavy atom. The van der Waals surface area contributed by atoms with Crippen molar-refractivity contribution >= 4 is 30.3 Å². The normalized spacial score (nSPS) is 19.1. The van der Waals surface area contributed by atoms with E-state index in [1.807, 2.05) is 6.20 Å². The molecule has 1 fully saturated rings. The SMILES string of the molecule is COC(=O)[C@@H]1C[C@@H](n2cc(CCCCCOC(=O)C[C@H](C(=O)O)C(C)(C)C)nn2)CN1.Cl. The molecule has 0 spiro atoms. The molecule has 11 heteroatoms.